The Morgan fingerprint density at radius 1 is 1.12 bits per heavy atom. The molecule has 17 heavy (non-hydrogen) atoms. The second-order valence-electron chi connectivity index (χ2n) is 3.77. The van der Waals surface area contributed by atoms with E-state index in [1.807, 2.05) is 18.2 Å². The van der Waals surface area contributed by atoms with E-state index >= 15 is 0 Å². The number of aryl methyl sites for hydroxylation is 1. The molecule has 0 saturated heterocycles. The summed E-state index contributed by atoms with van der Waals surface area (Å²) in [5.74, 6) is 0. The first-order valence-electron chi connectivity index (χ1n) is 5.09. The van der Waals surface area contributed by atoms with E-state index in [4.69, 9.17) is 11.6 Å². The molecule has 0 aliphatic rings. The largest absolute Gasteiger partial charge is 0.272 e. The summed E-state index contributed by atoms with van der Waals surface area (Å²) in [6.45, 7) is 1.72. The van der Waals surface area contributed by atoms with Crippen molar-refractivity contribution in [3.05, 3.63) is 63.2 Å². The zero-order valence-electron chi connectivity index (χ0n) is 9.18. The van der Waals surface area contributed by atoms with E-state index in [1.165, 1.54) is 0 Å². The Bertz CT molecular complexity index is 581. The van der Waals surface area contributed by atoms with Gasteiger partial charge in [0.05, 0.1) is 4.92 Å². The summed E-state index contributed by atoms with van der Waals surface area (Å²) in [6, 6.07) is 12.4. The van der Waals surface area contributed by atoms with Gasteiger partial charge in [-0.2, -0.15) is 0 Å². The van der Waals surface area contributed by atoms with Crippen LogP contribution in [0.5, 0.6) is 0 Å². The third-order valence-corrected chi connectivity index (χ3v) is 2.80. The maximum Gasteiger partial charge on any atom is 0.272 e. The molecule has 2 rings (SSSR count). The van der Waals surface area contributed by atoms with Crippen LogP contribution >= 0.6 is 11.6 Å². The minimum atomic E-state index is -0.372. The molecular weight excluding hydrogens is 238 g/mol. The molecule has 0 N–H and O–H groups in total. The lowest BCUT2D eigenvalue weighted by Crippen LogP contribution is -1.92. The summed E-state index contributed by atoms with van der Waals surface area (Å²) < 4.78 is 0. The van der Waals surface area contributed by atoms with Crippen molar-refractivity contribution in [2.24, 2.45) is 0 Å². The van der Waals surface area contributed by atoms with Crippen molar-refractivity contribution >= 4 is 17.3 Å². The van der Waals surface area contributed by atoms with Crippen LogP contribution in [0.1, 0.15) is 5.56 Å². The highest BCUT2D eigenvalue weighted by molar-refractivity contribution is 6.30. The Balaban J connectivity index is 2.54. The fraction of sp³-hybridized carbons (Fsp3) is 0.0769. The van der Waals surface area contributed by atoms with Crippen LogP contribution in [-0.2, 0) is 0 Å². The molecule has 2 aromatic rings. The van der Waals surface area contributed by atoms with Gasteiger partial charge in [0.2, 0.25) is 0 Å². The van der Waals surface area contributed by atoms with E-state index in [0.29, 0.717) is 10.6 Å². The number of benzene rings is 2. The Hall–Kier alpha value is -1.87. The minimum absolute atomic E-state index is 0.127. The van der Waals surface area contributed by atoms with Crippen LogP contribution in [0.25, 0.3) is 11.1 Å². The van der Waals surface area contributed by atoms with Gasteiger partial charge in [0.1, 0.15) is 0 Å². The Labute approximate surface area is 104 Å². The minimum Gasteiger partial charge on any atom is -0.258 e. The van der Waals surface area contributed by atoms with Crippen molar-refractivity contribution in [1.29, 1.82) is 0 Å². The van der Waals surface area contributed by atoms with Gasteiger partial charge in [0.15, 0.2) is 0 Å². The van der Waals surface area contributed by atoms with Crippen molar-refractivity contribution in [1.82, 2.24) is 0 Å². The lowest BCUT2D eigenvalue weighted by Gasteiger charge is -2.03. The topological polar surface area (TPSA) is 43.1 Å². The highest BCUT2D eigenvalue weighted by atomic mass is 35.5. The van der Waals surface area contributed by atoms with Crippen LogP contribution in [-0.4, -0.2) is 4.92 Å². The highest BCUT2D eigenvalue weighted by Gasteiger charge is 2.11. The normalized spacial score (nSPS) is 10.2. The molecule has 2 aromatic carbocycles. The fourth-order valence-electron chi connectivity index (χ4n) is 1.65. The van der Waals surface area contributed by atoms with Crippen LogP contribution in [0.4, 0.5) is 5.69 Å². The summed E-state index contributed by atoms with van der Waals surface area (Å²) in [6.07, 6.45) is 0. The van der Waals surface area contributed by atoms with E-state index in [-0.39, 0.29) is 10.6 Å². The molecule has 0 radical (unpaired) electrons. The maximum atomic E-state index is 10.9. The first-order valence-corrected chi connectivity index (χ1v) is 5.47. The zero-order valence-corrected chi connectivity index (χ0v) is 9.94. The second kappa shape index (κ2) is 4.55. The SMILES string of the molecule is Cc1ccc(-c2cccc(Cl)c2)cc1[N+](=O)[O-]. The Kier molecular flexibility index (Phi) is 3.11. The molecule has 0 aliphatic heterocycles. The van der Waals surface area contributed by atoms with Gasteiger partial charge in [-0.3, -0.25) is 10.1 Å². The fourth-order valence-corrected chi connectivity index (χ4v) is 1.84. The van der Waals surface area contributed by atoms with Crippen LogP contribution < -0.4 is 0 Å². The molecule has 0 fully saturated rings. The molecule has 0 aliphatic carbocycles. The average molecular weight is 248 g/mol. The average Bonchev–Trinajstić information content (AvgIpc) is 2.29. The molecule has 0 aromatic heterocycles. The summed E-state index contributed by atoms with van der Waals surface area (Å²) in [4.78, 5) is 10.5. The predicted octanol–water partition coefficient (Wildman–Crippen LogP) is 4.22. The van der Waals surface area contributed by atoms with Gasteiger partial charge in [-0.25, -0.2) is 0 Å². The molecule has 0 saturated carbocycles. The Morgan fingerprint density at radius 3 is 2.47 bits per heavy atom. The van der Waals surface area contributed by atoms with Gasteiger partial charge in [-0.05, 0) is 30.2 Å². The van der Waals surface area contributed by atoms with Gasteiger partial charge < -0.3 is 0 Å². The number of nitro benzene ring substituents is 1. The number of rotatable bonds is 2. The zero-order chi connectivity index (χ0) is 12.4. The quantitative estimate of drug-likeness (QED) is 0.589. The molecule has 0 bridgehead atoms. The van der Waals surface area contributed by atoms with Crippen molar-refractivity contribution in [2.45, 2.75) is 6.92 Å². The van der Waals surface area contributed by atoms with Crippen LogP contribution in [0, 0.1) is 17.0 Å². The molecule has 3 nitrogen and oxygen atoms in total. The van der Waals surface area contributed by atoms with Crippen molar-refractivity contribution < 1.29 is 4.92 Å². The molecule has 0 unspecified atom stereocenters. The molecule has 0 spiro atoms. The molecule has 4 heteroatoms. The lowest BCUT2D eigenvalue weighted by atomic mass is 10.0. The summed E-state index contributed by atoms with van der Waals surface area (Å²) >= 11 is 5.89. The number of halogens is 1. The summed E-state index contributed by atoms with van der Waals surface area (Å²) in [5, 5.41) is 11.5. The monoisotopic (exact) mass is 247 g/mol. The highest BCUT2D eigenvalue weighted by Crippen LogP contribution is 2.28. The number of hydrogen-bond donors (Lipinski definition) is 0. The van der Waals surface area contributed by atoms with Crippen LogP contribution in [0.2, 0.25) is 5.02 Å². The number of hydrogen-bond acceptors (Lipinski definition) is 2. The summed E-state index contributed by atoms with van der Waals surface area (Å²) in [7, 11) is 0. The third kappa shape index (κ3) is 2.45. The van der Waals surface area contributed by atoms with Gasteiger partial charge in [-0.15, -0.1) is 0 Å². The van der Waals surface area contributed by atoms with Crippen molar-refractivity contribution in [2.75, 3.05) is 0 Å². The number of nitro groups is 1. The number of nitrogens with zero attached hydrogens (tertiary/aromatic N) is 1. The van der Waals surface area contributed by atoms with Crippen molar-refractivity contribution in [3.63, 3.8) is 0 Å². The van der Waals surface area contributed by atoms with Gasteiger partial charge >= 0.3 is 0 Å². The van der Waals surface area contributed by atoms with Crippen molar-refractivity contribution in [3.8, 4) is 11.1 Å². The van der Waals surface area contributed by atoms with E-state index < -0.39 is 0 Å². The summed E-state index contributed by atoms with van der Waals surface area (Å²) in [5.41, 5.74) is 2.45. The maximum absolute atomic E-state index is 10.9. The standard InChI is InChI=1S/C13H10ClNO2/c1-9-5-6-11(8-13(9)15(16)17)10-3-2-4-12(14)7-10/h2-8H,1H3. The molecule has 0 atom stereocenters. The third-order valence-electron chi connectivity index (χ3n) is 2.56. The van der Waals surface area contributed by atoms with Crippen LogP contribution in [0.3, 0.4) is 0 Å². The van der Waals surface area contributed by atoms with E-state index in [2.05, 4.69) is 0 Å². The first-order chi connectivity index (χ1) is 8.08. The molecule has 0 amide bonds. The second-order valence-corrected chi connectivity index (χ2v) is 4.21. The predicted molar refractivity (Wildman–Crippen MR) is 68.3 cm³/mol. The Morgan fingerprint density at radius 2 is 1.82 bits per heavy atom. The lowest BCUT2D eigenvalue weighted by molar-refractivity contribution is -0.385. The van der Waals surface area contributed by atoms with E-state index in [1.54, 1.807) is 31.2 Å². The van der Waals surface area contributed by atoms with E-state index in [0.717, 1.165) is 11.1 Å². The van der Waals surface area contributed by atoms with Gasteiger partial charge in [-0.1, -0.05) is 35.9 Å². The van der Waals surface area contributed by atoms with Gasteiger partial charge in [0, 0.05) is 16.7 Å². The molecular formula is C13H10ClNO2. The van der Waals surface area contributed by atoms with Crippen LogP contribution in [0.15, 0.2) is 42.5 Å². The molecule has 86 valence electrons. The van der Waals surface area contributed by atoms with Gasteiger partial charge in [0.25, 0.3) is 5.69 Å². The first kappa shape index (κ1) is 11.6. The molecule has 0 heterocycles. The smallest absolute Gasteiger partial charge is 0.258 e. The van der Waals surface area contributed by atoms with E-state index in [9.17, 15) is 10.1 Å².